The Labute approximate surface area is 201 Å². The Hall–Kier alpha value is -3.12. The van der Waals surface area contributed by atoms with Gasteiger partial charge in [0.15, 0.2) is 6.10 Å². The molecule has 0 radical (unpaired) electrons. The predicted octanol–water partition coefficient (Wildman–Crippen LogP) is 3.77. The molecule has 8 nitrogen and oxygen atoms in total. The highest BCUT2D eigenvalue weighted by Gasteiger charge is 2.38. The summed E-state index contributed by atoms with van der Waals surface area (Å²) in [6.45, 7) is -0.187. The van der Waals surface area contributed by atoms with Gasteiger partial charge in [0, 0.05) is 21.2 Å². The number of ether oxygens (including phenoxy) is 2. The second-order valence-electron chi connectivity index (χ2n) is 7.71. The zero-order chi connectivity index (χ0) is 25.9. The highest BCUT2D eigenvalue weighted by atomic mass is 32.2. The lowest BCUT2D eigenvalue weighted by Crippen LogP contribution is -2.43. The maximum absolute atomic E-state index is 12.6. The number of rotatable bonds is 12. The molecule has 0 spiro atoms. The number of benzene rings is 2. The maximum Gasteiger partial charge on any atom is 0.414 e. The Morgan fingerprint density at radius 2 is 1.40 bits per heavy atom. The van der Waals surface area contributed by atoms with Crippen LogP contribution in [0.25, 0.3) is 0 Å². The molecule has 0 aliphatic heterocycles. The average Bonchev–Trinajstić information content (AvgIpc) is 2.83. The Bertz CT molecular complexity index is 1050. The van der Waals surface area contributed by atoms with Gasteiger partial charge in [-0.05, 0) is 24.0 Å². The Kier molecular flexibility index (Phi) is 10.5. The summed E-state index contributed by atoms with van der Waals surface area (Å²) in [5.74, 6) is -2.10. The first kappa shape index (κ1) is 28.1. The molecular weight excluding hydrogens is 489 g/mol. The maximum atomic E-state index is 12.6. The van der Waals surface area contributed by atoms with Crippen LogP contribution in [-0.2, 0) is 37.2 Å². The molecule has 0 heterocycles. The number of hydrogen-bond donors (Lipinski definition) is 3. The molecule has 192 valence electrons. The number of alkyl carbamates (subject to hydrolysis) is 1. The highest BCUT2D eigenvalue weighted by Crippen LogP contribution is 2.23. The monoisotopic (exact) mass is 516 g/mol. The van der Waals surface area contributed by atoms with Gasteiger partial charge in [0.05, 0.1) is 0 Å². The summed E-state index contributed by atoms with van der Waals surface area (Å²) in [7, 11) is -3.58. The summed E-state index contributed by atoms with van der Waals surface area (Å²) in [4.78, 5) is 24.8. The normalized spacial score (nSPS) is 14.9. The molecule has 2 rings (SSSR count). The zero-order valence-electron chi connectivity index (χ0n) is 18.7. The van der Waals surface area contributed by atoms with Crippen molar-refractivity contribution in [2.24, 2.45) is 0 Å². The standard InChI is InChI=1S/C23H27F3N2O6S/c24-23(25,26)20(29)12-14-35(27,32)13-11-19(21(30)33-15-17-7-3-1-4-8-17)28-22(31)34-16-18-9-5-2-6-10-18/h1-10,19-20,27,29H,11-16H2,(H,28,31)/t19-,20-,35-/m0/s1. The quantitative estimate of drug-likeness (QED) is 0.369. The minimum Gasteiger partial charge on any atom is -0.459 e. The number of halogens is 3. The van der Waals surface area contributed by atoms with Crippen LogP contribution in [-0.4, -0.2) is 51.2 Å². The molecule has 0 fully saturated rings. The fourth-order valence-electron chi connectivity index (χ4n) is 2.86. The third kappa shape index (κ3) is 10.8. The van der Waals surface area contributed by atoms with Crippen LogP contribution in [0.1, 0.15) is 24.0 Å². The number of esters is 1. The zero-order valence-corrected chi connectivity index (χ0v) is 19.5. The molecule has 3 N–H and O–H groups in total. The van der Waals surface area contributed by atoms with Crippen molar-refractivity contribution in [2.75, 3.05) is 11.5 Å². The molecule has 0 aliphatic rings. The van der Waals surface area contributed by atoms with E-state index in [4.69, 9.17) is 19.4 Å². The van der Waals surface area contributed by atoms with Crippen molar-refractivity contribution in [1.82, 2.24) is 5.32 Å². The second kappa shape index (κ2) is 13.1. The van der Waals surface area contributed by atoms with Gasteiger partial charge in [0.25, 0.3) is 0 Å². The third-order valence-corrected chi connectivity index (χ3v) is 6.64. The van der Waals surface area contributed by atoms with Gasteiger partial charge in [-0.1, -0.05) is 60.7 Å². The molecule has 0 aliphatic carbocycles. The third-order valence-electron chi connectivity index (χ3n) is 4.85. The van der Waals surface area contributed by atoms with Crippen molar-refractivity contribution < 1.29 is 41.5 Å². The predicted molar refractivity (Wildman–Crippen MR) is 122 cm³/mol. The molecule has 0 unspecified atom stereocenters. The van der Waals surface area contributed by atoms with E-state index in [-0.39, 0.29) is 19.6 Å². The molecular formula is C23H27F3N2O6S. The fourth-order valence-corrected chi connectivity index (χ4v) is 4.29. The van der Waals surface area contributed by atoms with Crippen LogP contribution in [0.4, 0.5) is 18.0 Å². The van der Waals surface area contributed by atoms with Gasteiger partial charge in [-0.15, -0.1) is 0 Å². The first-order chi connectivity index (χ1) is 16.5. The van der Waals surface area contributed by atoms with Gasteiger partial charge in [0.1, 0.15) is 19.3 Å². The molecule has 0 aromatic heterocycles. The van der Waals surface area contributed by atoms with Crippen LogP contribution in [0.2, 0.25) is 0 Å². The van der Waals surface area contributed by atoms with Crippen LogP contribution < -0.4 is 5.32 Å². The van der Waals surface area contributed by atoms with Crippen molar-refractivity contribution in [3.8, 4) is 0 Å². The minimum atomic E-state index is -4.89. The van der Waals surface area contributed by atoms with Gasteiger partial charge in [-0.3, -0.25) is 4.78 Å². The van der Waals surface area contributed by atoms with E-state index in [2.05, 4.69) is 5.32 Å². The fraction of sp³-hybridized carbons (Fsp3) is 0.391. The average molecular weight is 517 g/mol. The van der Waals surface area contributed by atoms with Crippen LogP contribution >= 0.6 is 0 Å². The van der Waals surface area contributed by atoms with E-state index in [1.165, 1.54) is 0 Å². The van der Waals surface area contributed by atoms with Crippen LogP contribution in [0.3, 0.4) is 0 Å². The number of aliphatic hydroxyl groups excluding tert-OH is 1. The summed E-state index contributed by atoms with van der Waals surface area (Å²) in [6, 6.07) is 16.1. The van der Waals surface area contributed by atoms with Crippen molar-refractivity contribution >= 4 is 21.8 Å². The van der Waals surface area contributed by atoms with Crippen molar-refractivity contribution in [3.63, 3.8) is 0 Å². The van der Waals surface area contributed by atoms with Crippen LogP contribution in [0, 0.1) is 4.78 Å². The minimum absolute atomic E-state index is 0.0804. The van der Waals surface area contributed by atoms with Crippen molar-refractivity contribution in [2.45, 2.75) is 44.4 Å². The van der Waals surface area contributed by atoms with E-state index >= 15 is 0 Å². The van der Waals surface area contributed by atoms with E-state index in [0.29, 0.717) is 11.1 Å². The molecule has 1 amide bonds. The summed E-state index contributed by atoms with van der Waals surface area (Å²) in [5, 5.41) is 11.4. The summed E-state index contributed by atoms with van der Waals surface area (Å²) < 4.78 is 68.0. The van der Waals surface area contributed by atoms with E-state index in [9.17, 15) is 27.0 Å². The lowest BCUT2D eigenvalue weighted by atomic mass is 10.2. The van der Waals surface area contributed by atoms with E-state index < -0.39 is 58.0 Å². The molecule has 0 saturated heterocycles. The molecule has 35 heavy (non-hydrogen) atoms. The molecule has 2 aromatic carbocycles. The number of carbonyl (C=O) groups is 2. The molecule has 0 saturated carbocycles. The van der Waals surface area contributed by atoms with Crippen molar-refractivity contribution in [1.29, 1.82) is 4.78 Å². The lowest BCUT2D eigenvalue weighted by Gasteiger charge is -2.19. The summed E-state index contributed by atoms with van der Waals surface area (Å²) in [6.07, 6.45) is -9.80. The molecule has 12 heteroatoms. The smallest absolute Gasteiger partial charge is 0.414 e. The van der Waals surface area contributed by atoms with Gasteiger partial charge in [-0.25, -0.2) is 13.8 Å². The number of aliphatic hydroxyl groups is 1. The Morgan fingerprint density at radius 3 is 1.91 bits per heavy atom. The van der Waals surface area contributed by atoms with Gasteiger partial charge >= 0.3 is 18.2 Å². The van der Waals surface area contributed by atoms with Crippen LogP contribution in [0.5, 0.6) is 0 Å². The van der Waals surface area contributed by atoms with Gasteiger partial charge < -0.3 is 19.9 Å². The number of carbonyl (C=O) groups excluding carboxylic acids is 2. The largest absolute Gasteiger partial charge is 0.459 e. The lowest BCUT2D eigenvalue weighted by molar-refractivity contribution is -0.203. The van der Waals surface area contributed by atoms with E-state index in [0.717, 1.165) is 0 Å². The van der Waals surface area contributed by atoms with Crippen molar-refractivity contribution in [3.05, 3.63) is 71.8 Å². The number of nitrogens with one attached hydrogen (secondary N) is 2. The summed E-state index contributed by atoms with van der Waals surface area (Å²) >= 11 is 0. The topological polar surface area (TPSA) is 126 Å². The Balaban J connectivity index is 1.98. The summed E-state index contributed by atoms with van der Waals surface area (Å²) in [5.41, 5.74) is 1.37. The molecule has 0 bridgehead atoms. The van der Waals surface area contributed by atoms with Crippen LogP contribution in [0.15, 0.2) is 60.7 Å². The first-order valence-corrected chi connectivity index (χ1v) is 12.5. The molecule has 2 aromatic rings. The first-order valence-electron chi connectivity index (χ1n) is 10.6. The second-order valence-corrected chi connectivity index (χ2v) is 10.1. The number of alkyl halides is 3. The van der Waals surface area contributed by atoms with Gasteiger partial charge in [-0.2, -0.15) is 13.2 Å². The van der Waals surface area contributed by atoms with E-state index in [1.54, 1.807) is 60.7 Å². The van der Waals surface area contributed by atoms with E-state index in [1.807, 2.05) is 0 Å². The number of amides is 1. The molecule has 3 atom stereocenters. The SMILES string of the molecule is N=[S@](=O)(CC[C@H](NC(=O)OCc1ccccc1)C(=O)OCc1ccccc1)CC[C@H](O)C(F)(F)F. The van der Waals surface area contributed by atoms with Gasteiger partial charge in [0.2, 0.25) is 0 Å². The highest BCUT2D eigenvalue weighted by molar-refractivity contribution is 7.92. The Morgan fingerprint density at radius 1 is 0.914 bits per heavy atom. The number of hydrogen-bond acceptors (Lipinski definition) is 7.